The van der Waals surface area contributed by atoms with E-state index in [2.05, 4.69) is 5.32 Å². The SMILES string of the molecule is CO[C@H](NC(=O)c1ccccc1)c1ccccc1CCCC(F)(F)F. The molecule has 0 heterocycles. The van der Waals surface area contributed by atoms with E-state index >= 15 is 0 Å². The van der Waals surface area contributed by atoms with Gasteiger partial charge in [-0.25, -0.2) is 0 Å². The summed E-state index contributed by atoms with van der Waals surface area (Å²) >= 11 is 0. The van der Waals surface area contributed by atoms with Crippen LogP contribution < -0.4 is 5.32 Å². The number of amides is 1. The molecule has 1 atom stereocenters. The average Bonchev–Trinajstić information content (AvgIpc) is 2.60. The number of ether oxygens (including phenoxy) is 1. The zero-order valence-corrected chi connectivity index (χ0v) is 13.8. The lowest BCUT2D eigenvalue weighted by molar-refractivity contribution is -0.135. The van der Waals surface area contributed by atoms with E-state index in [0.717, 1.165) is 5.56 Å². The maximum atomic E-state index is 12.4. The number of methoxy groups -OCH3 is 1. The van der Waals surface area contributed by atoms with Gasteiger partial charge in [0.2, 0.25) is 0 Å². The van der Waals surface area contributed by atoms with E-state index in [1.165, 1.54) is 7.11 Å². The van der Waals surface area contributed by atoms with Crippen molar-refractivity contribution in [3.05, 3.63) is 71.3 Å². The largest absolute Gasteiger partial charge is 0.389 e. The zero-order valence-electron chi connectivity index (χ0n) is 13.8. The van der Waals surface area contributed by atoms with E-state index < -0.39 is 18.8 Å². The molecular formula is C19H20F3NO2. The summed E-state index contributed by atoms with van der Waals surface area (Å²) in [4.78, 5) is 12.3. The standard InChI is InChI=1S/C19H20F3NO2/c1-25-18(23-17(24)15-9-3-2-4-10-15)16-12-6-5-8-14(16)11-7-13-19(20,21)22/h2-6,8-10,12,18H,7,11,13H2,1H3,(H,23,24)/t18-/m0/s1. The Morgan fingerprint density at radius 1 is 1.08 bits per heavy atom. The molecule has 0 spiro atoms. The number of halogens is 3. The number of carbonyl (C=O) groups excluding carboxylic acids is 1. The second-order valence-electron chi connectivity index (χ2n) is 5.62. The number of benzene rings is 2. The van der Waals surface area contributed by atoms with E-state index in [4.69, 9.17) is 4.74 Å². The number of hydrogen-bond acceptors (Lipinski definition) is 2. The monoisotopic (exact) mass is 351 g/mol. The molecule has 0 aromatic heterocycles. The van der Waals surface area contributed by atoms with Gasteiger partial charge in [-0.2, -0.15) is 13.2 Å². The lowest BCUT2D eigenvalue weighted by atomic mass is 10.0. The summed E-state index contributed by atoms with van der Waals surface area (Å²) in [6, 6.07) is 15.7. The molecule has 1 N–H and O–H groups in total. The number of aryl methyl sites for hydroxylation is 1. The molecule has 0 aliphatic carbocycles. The van der Waals surface area contributed by atoms with Crippen LogP contribution in [0.15, 0.2) is 54.6 Å². The summed E-state index contributed by atoms with van der Waals surface area (Å²) < 4.78 is 42.4. The summed E-state index contributed by atoms with van der Waals surface area (Å²) in [5.41, 5.74) is 1.88. The molecular weight excluding hydrogens is 331 g/mol. The quantitative estimate of drug-likeness (QED) is 0.738. The van der Waals surface area contributed by atoms with Crippen LogP contribution in [-0.2, 0) is 11.2 Å². The van der Waals surface area contributed by atoms with Crippen molar-refractivity contribution in [1.29, 1.82) is 0 Å². The summed E-state index contributed by atoms with van der Waals surface area (Å²) in [6.45, 7) is 0. The fraction of sp³-hybridized carbons (Fsp3) is 0.316. The van der Waals surface area contributed by atoms with Crippen LogP contribution in [0.3, 0.4) is 0 Å². The number of nitrogens with one attached hydrogen (secondary N) is 1. The van der Waals surface area contributed by atoms with Crippen molar-refractivity contribution in [2.24, 2.45) is 0 Å². The van der Waals surface area contributed by atoms with Crippen LogP contribution in [0.4, 0.5) is 13.2 Å². The van der Waals surface area contributed by atoms with Gasteiger partial charge in [0.1, 0.15) is 0 Å². The van der Waals surface area contributed by atoms with Gasteiger partial charge in [0.15, 0.2) is 6.23 Å². The summed E-state index contributed by atoms with van der Waals surface area (Å²) in [6.07, 6.45) is -5.48. The molecule has 0 bridgehead atoms. The molecule has 0 saturated carbocycles. The molecule has 1 amide bonds. The lowest BCUT2D eigenvalue weighted by Crippen LogP contribution is -2.30. The van der Waals surface area contributed by atoms with Gasteiger partial charge in [0.05, 0.1) is 0 Å². The summed E-state index contributed by atoms with van der Waals surface area (Å²) in [5.74, 6) is -0.308. The van der Waals surface area contributed by atoms with E-state index in [9.17, 15) is 18.0 Å². The number of alkyl halides is 3. The topological polar surface area (TPSA) is 38.3 Å². The van der Waals surface area contributed by atoms with E-state index in [-0.39, 0.29) is 18.7 Å². The Morgan fingerprint density at radius 2 is 1.72 bits per heavy atom. The first-order valence-electron chi connectivity index (χ1n) is 7.94. The highest BCUT2D eigenvalue weighted by Crippen LogP contribution is 2.25. The predicted octanol–water partition coefficient (Wildman–Crippen LogP) is 4.65. The molecule has 0 radical (unpaired) electrons. The minimum Gasteiger partial charge on any atom is -0.357 e. The van der Waals surface area contributed by atoms with Crippen molar-refractivity contribution < 1.29 is 22.7 Å². The molecule has 0 saturated heterocycles. The normalized spacial score (nSPS) is 12.6. The number of rotatable bonds is 7. The minimum atomic E-state index is -4.17. The first-order valence-corrected chi connectivity index (χ1v) is 7.94. The molecule has 0 unspecified atom stereocenters. The van der Waals surface area contributed by atoms with E-state index in [1.807, 2.05) is 0 Å². The molecule has 0 aliphatic rings. The molecule has 25 heavy (non-hydrogen) atoms. The van der Waals surface area contributed by atoms with E-state index in [0.29, 0.717) is 11.1 Å². The third kappa shape index (κ3) is 5.90. The van der Waals surface area contributed by atoms with Gasteiger partial charge in [-0.1, -0.05) is 42.5 Å². The second kappa shape index (κ2) is 8.67. The Labute approximate surface area is 144 Å². The van der Waals surface area contributed by atoms with Gasteiger partial charge in [-0.3, -0.25) is 4.79 Å². The molecule has 0 aliphatic heterocycles. The highest BCUT2D eigenvalue weighted by atomic mass is 19.4. The van der Waals surface area contributed by atoms with Gasteiger partial charge in [-0.15, -0.1) is 0 Å². The lowest BCUT2D eigenvalue weighted by Gasteiger charge is -2.21. The van der Waals surface area contributed by atoms with Gasteiger partial charge in [0.25, 0.3) is 5.91 Å². The van der Waals surface area contributed by atoms with Crippen molar-refractivity contribution in [3.8, 4) is 0 Å². The molecule has 3 nitrogen and oxygen atoms in total. The van der Waals surface area contributed by atoms with Crippen LogP contribution >= 0.6 is 0 Å². The summed E-state index contributed by atoms with van der Waals surface area (Å²) in [5, 5.41) is 2.76. The van der Waals surface area contributed by atoms with Crippen molar-refractivity contribution >= 4 is 5.91 Å². The van der Waals surface area contributed by atoms with Crippen LogP contribution in [-0.4, -0.2) is 19.2 Å². The van der Waals surface area contributed by atoms with Crippen molar-refractivity contribution in [2.75, 3.05) is 7.11 Å². The van der Waals surface area contributed by atoms with Crippen LogP contribution in [0.25, 0.3) is 0 Å². The van der Waals surface area contributed by atoms with Gasteiger partial charge in [-0.05, 0) is 30.5 Å². The second-order valence-corrected chi connectivity index (χ2v) is 5.62. The Balaban J connectivity index is 2.10. The van der Waals surface area contributed by atoms with Crippen molar-refractivity contribution in [2.45, 2.75) is 31.7 Å². The van der Waals surface area contributed by atoms with Crippen molar-refractivity contribution in [1.82, 2.24) is 5.32 Å². The van der Waals surface area contributed by atoms with Crippen LogP contribution in [0.5, 0.6) is 0 Å². The average molecular weight is 351 g/mol. The van der Waals surface area contributed by atoms with Crippen LogP contribution in [0.1, 0.15) is 40.6 Å². The Hall–Kier alpha value is -2.34. The van der Waals surface area contributed by atoms with Crippen molar-refractivity contribution in [3.63, 3.8) is 0 Å². The third-order valence-electron chi connectivity index (χ3n) is 3.78. The molecule has 6 heteroatoms. The smallest absolute Gasteiger partial charge is 0.357 e. The highest BCUT2D eigenvalue weighted by Gasteiger charge is 2.26. The zero-order chi connectivity index (χ0) is 18.3. The molecule has 2 aromatic carbocycles. The number of hydrogen-bond donors (Lipinski definition) is 1. The third-order valence-corrected chi connectivity index (χ3v) is 3.78. The molecule has 2 aromatic rings. The highest BCUT2D eigenvalue weighted by molar-refractivity contribution is 5.94. The maximum Gasteiger partial charge on any atom is 0.389 e. The fourth-order valence-electron chi connectivity index (χ4n) is 2.55. The van der Waals surface area contributed by atoms with Gasteiger partial charge < -0.3 is 10.1 Å². The predicted molar refractivity (Wildman–Crippen MR) is 89.1 cm³/mol. The molecule has 134 valence electrons. The summed E-state index contributed by atoms with van der Waals surface area (Å²) in [7, 11) is 1.45. The molecule has 2 rings (SSSR count). The first-order chi connectivity index (χ1) is 11.9. The minimum absolute atomic E-state index is 0.0103. The number of carbonyl (C=O) groups is 1. The van der Waals surface area contributed by atoms with E-state index in [1.54, 1.807) is 54.6 Å². The Morgan fingerprint density at radius 3 is 2.36 bits per heavy atom. The first kappa shape index (κ1) is 19.0. The van der Waals surface area contributed by atoms with Crippen LogP contribution in [0.2, 0.25) is 0 Å². The van der Waals surface area contributed by atoms with Gasteiger partial charge in [0, 0.05) is 24.7 Å². The van der Waals surface area contributed by atoms with Gasteiger partial charge >= 0.3 is 6.18 Å². The Kier molecular flexibility index (Phi) is 6.58. The van der Waals surface area contributed by atoms with Crippen LogP contribution in [0, 0.1) is 0 Å². The maximum absolute atomic E-state index is 12.4. The molecule has 0 fully saturated rings. The fourth-order valence-corrected chi connectivity index (χ4v) is 2.55. The Bertz CT molecular complexity index is 687.